The van der Waals surface area contributed by atoms with E-state index in [-0.39, 0.29) is 5.69 Å². The Bertz CT molecular complexity index is 1520. The molecule has 2 saturated heterocycles. The predicted octanol–water partition coefficient (Wildman–Crippen LogP) is 5.97. The predicted molar refractivity (Wildman–Crippen MR) is 159 cm³/mol. The zero-order chi connectivity index (χ0) is 28.0. The van der Waals surface area contributed by atoms with Crippen LogP contribution in [0.15, 0.2) is 55.0 Å². The molecule has 3 aliphatic rings. The van der Waals surface area contributed by atoms with Crippen LogP contribution in [-0.4, -0.2) is 55.8 Å². The van der Waals surface area contributed by atoms with Gasteiger partial charge in [0.2, 0.25) is 5.95 Å². The second-order valence-electron chi connectivity index (χ2n) is 11.9. The van der Waals surface area contributed by atoms with Crippen molar-refractivity contribution in [2.75, 3.05) is 36.4 Å². The van der Waals surface area contributed by atoms with Gasteiger partial charge < -0.3 is 10.2 Å². The normalized spacial score (nSPS) is 19.8. The highest BCUT2D eigenvalue weighted by molar-refractivity contribution is 6.17. The van der Waals surface area contributed by atoms with Crippen molar-refractivity contribution in [2.45, 2.75) is 51.1 Å². The number of alkyl halides is 1. The minimum atomic E-state index is -0.448. The zero-order valence-electron chi connectivity index (χ0n) is 23.2. The molecule has 6 heterocycles. The molecule has 8 nitrogen and oxygen atoms in total. The number of nitrogens with zero attached hydrogens (tertiary/aromatic N) is 7. The number of benzene rings is 1. The van der Waals surface area contributed by atoms with Crippen molar-refractivity contribution >= 4 is 29.1 Å². The molecule has 7 rings (SSSR count). The smallest absolute Gasteiger partial charge is 0.229 e. The number of pyridine rings is 1. The number of hydrogen-bond acceptors (Lipinski definition) is 7. The van der Waals surface area contributed by atoms with E-state index < -0.39 is 5.82 Å². The van der Waals surface area contributed by atoms with Gasteiger partial charge >= 0.3 is 0 Å². The molecule has 0 bridgehead atoms. The first-order chi connectivity index (χ1) is 20.0. The first-order valence-electron chi connectivity index (χ1n) is 14.4. The minimum absolute atomic E-state index is 0.279. The number of anilines is 3. The Morgan fingerprint density at radius 3 is 2.54 bits per heavy atom. The lowest BCUT2D eigenvalue weighted by Crippen LogP contribution is -2.71. The maximum Gasteiger partial charge on any atom is 0.229 e. The monoisotopic (exact) mass is 572 g/mol. The number of likely N-dealkylation sites (tertiary alicyclic amines) is 1. The van der Waals surface area contributed by atoms with Crippen LogP contribution in [0.4, 0.5) is 21.8 Å². The quantitative estimate of drug-likeness (QED) is 0.274. The van der Waals surface area contributed by atoms with Crippen molar-refractivity contribution in [3.63, 3.8) is 0 Å². The maximum absolute atomic E-state index is 14.9. The Hall–Kier alpha value is -3.56. The van der Waals surface area contributed by atoms with Gasteiger partial charge in [0.25, 0.3) is 0 Å². The van der Waals surface area contributed by atoms with Crippen LogP contribution in [0.25, 0.3) is 11.3 Å². The average molecular weight is 573 g/mol. The maximum atomic E-state index is 14.9. The summed E-state index contributed by atoms with van der Waals surface area (Å²) in [6, 6.07) is 12.6. The van der Waals surface area contributed by atoms with Crippen LogP contribution in [-0.2, 0) is 19.0 Å². The van der Waals surface area contributed by atoms with Gasteiger partial charge in [-0.15, -0.1) is 11.6 Å². The van der Waals surface area contributed by atoms with Crippen LogP contribution in [0, 0.1) is 11.2 Å². The van der Waals surface area contributed by atoms with Gasteiger partial charge in [0.1, 0.15) is 11.5 Å². The Kier molecular flexibility index (Phi) is 6.87. The molecule has 3 aliphatic heterocycles. The van der Waals surface area contributed by atoms with E-state index in [4.69, 9.17) is 11.6 Å². The van der Waals surface area contributed by atoms with Gasteiger partial charge in [-0.2, -0.15) is 5.10 Å². The molecule has 0 radical (unpaired) electrons. The lowest BCUT2D eigenvalue weighted by atomic mass is 9.72. The summed E-state index contributed by atoms with van der Waals surface area (Å²) in [4.78, 5) is 18.2. The van der Waals surface area contributed by atoms with Gasteiger partial charge in [-0.05, 0) is 42.0 Å². The molecule has 0 amide bonds. The van der Waals surface area contributed by atoms with Crippen molar-refractivity contribution < 1.29 is 4.39 Å². The zero-order valence-corrected chi connectivity index (χ0v) is 24.0. The highest BCUT2D eigenvalue weighted by Gasteiger charge is 2.51. The largest absolute Gasteiger partial charge is 0.369 e. The second-order valence-corrected chi connectivity index (χ2v) is 12.2. The Morgan fingerprint density at radius 2 is 1.78 bits per heavy atom. The highest BCUT2D eigenvalue weighted by atomic mass is 35.5. The highest BCUT2D eigenvalue weighted by Crippen LogP contribution is 2.42. The summed E-state index contributed by atoms with van der Waals surface area (Å²) < 4.78 is 16.9. The number of aromatic nitrogens is 5. The van der Waals surface area contributed by atoms with Gasteiger partial charge in [-0.3, -0.25) is 9.58 Å². The number of hydrogen-bond donors (Lipinski definition) is 1. The second kappa shape index (κ2) is 10.7. The van der Waals surface area contributed by atoms with E-state index in [1.165, 1.54) is 11.8 Å². The molecular formula is C31H34ClFN8. The molecular weight excluding hydrogens is 539 g/mol. The van der Waals surface area contributed by atoms with Crippen molar-refractivity contribution in [3.05, 3.63) is 77.6 Å². The lowest BCUT2D eigenvalue weighted by Gasteiger charge is -2.61. The molecule has 0 unspecified atom stereocenters. The van der Waals surface area contributed by atoms with Crippen LogP contribution in [0.2, 0.25) is 0 Å². The Balaban J connectivity index is 0.964. The third-order valence-corrected chi connectivity index (χ3v) is 9.02. The fourth-order valence-corrected chi connectivity index (χ4v) is 6.83. The van der Waals surface area contributed by atoms with Crippen molar-refractivity contribution in [2.24, 2.45) is 5.41 Å². The standard InChI is InChI=1S/C31H34ClFN8/c1-21-4-2-3-11-41-29(21)25(14-36-41)28-26(33)15-35-30(38-28)37-27-10-9-24(13-34-27)40-19-31(20-40)17-39(18-31)16-23-7-5-22(12-32)6-8-23/h5-10,13-15,21H,2-4,11-12,16-20H2,1H3,(H,34,35,37,38)/t21-/m1/s1. The van der Waals surface area contributed by atoms with Gasteiger partial charge in [0, 0.05) is 56.1 Å². The summed E-state index contributed by atoms with van der Waals surface area (Å²) in [5.41, 5.74) is 6.06. The molecule has 1 aromatic carbocycles. The average Bonchev–Trinajstić information content (AvgIpc) is 3.28. The molecule has 0 aliphatic carbocycles. The van der Waals surface area contributed by atoms with Gasteiger partial charge in [0.15, 0.2) is 5.82 Å². The van der Waals surface area contributed by atoms with E-state index in [1.54, 1.807) is 6.20 Å². The molecule has 212 valence electrons. The van der Waals surface area contributed by atoms with E-state index in [9.17, 15) is 4.39 Å². The van der Waals surface area contributed by atoms with Crippen molar-refractivity contribution in [3.8, 4) is 11.3 Å². The topological polar surface area (TPSA) is 75.0 Å². The van der Waals surface area contributed by atoms with E-state index in [2.05, 4.69) is 72.4 Å². The SMILES string of the molecule is C[C@@H]1CCCCn2ncc(-c3nc(Nc4ccc(N5CC6(CN(Cc7ccc(CCl)cc7)C6)C5)cn4)ncc3F)c21. The van der Waals surface area contributed by atoms with Crippen LogP contribution in [0.5, 0.6) is 0 Å². The Labute approximate surface area is 244 Å². The number of aryl methyl sites for hydroxylation is 1. The van der Waals surface area contributed by atoms with Gasteiger partial charge in [-0.25, -0.2) is 19.3 Å². The molecule has 3 aromatic heterocycles. The molecule has 1 spiro atoms. The lowest BCUT2D eigenvalue weighted by molar-refractivity contribution is -0.0273. The summed E-state index contributed by atoms with van der Waals surface area (Å²) in [6.45, 7) is 8.35. The summed E-state index contributed by atoms with van der Waals surface area (Å²) in [5.74, 6) is 1.35. The number of rotatable bonds is 7. The van der Waals surface area contributed by atoms with Crippen molar-refractivity contribution in [1.29, 1.82) is 0 Å². The molecule has 10 heteroatoms. The first kappa shape index (κ1) is 26.3. The molecule has 0 saturated carbocycles. The third-order valence-electron chi connectivity index (χ3n) is 8.71. The molecule has 1 N–H and O–H groups in total. The van der Waals surface area contributed by atoms with Crippen LogP contribution >= 0.6 is 11.6 Å². The first-order valence-corrected chi connectivity index (χ1v) is 14.9. The minimum Gasteiger partial charge on any atom is -0.369 e. The summed E-state index contributed by atoms with van der Waals surface area (Å²) in [6.07, 6.45) is 8.13. The molecule has 2 fully saturated rings. The third kappa shape index (κ3) is 5.17. The van der Waals surface area contributed by atoms with E-state index in [1.807, 2.05) is 16.9 Å². The fourth-order valence-electron chi connectivity index (χ4n) is 6.65. The summed E-state index contributed by atoms with van der Waals surface area (Å²) in [5, 5.41) is 7.69. The number of halogens is 2. The molecule has 1 atom stereocenters. The summed E-state index contributed by atoms with van der Waals surface area (Å²) >= 11 is 5.91. The summed E-state index contributed by atoms with van der Waals surface area (Å²) in [7, 11) is 0. The van der Waals surface area contributed by atoms with Crippen LogP contribution < -0.4 is 10.2 Å². The van der Waals surface area contributed by atoms with E-state index >= 15 is 0 Å². The van der Waals surface area contributed by atoms with E-state index in [0.717, 1.165) is 81.0 Å². The van der Waals surface area contributed by atoms with E-state index in [0.29, 0.717) is 29.0 Å². The number of fused-ring (bicyclic) bond motifs is 1. The van der Waals surface area contributed by atoms with Crippen molar-refractivity contribution in [1.82, 2.24) is 29.6 Å². The van der Waals surface area contributed by atoms with Crippen LogP contribution in [0.3, 0.4) is 0 Å². The number of nitrogens with one attached hydrogen (secondary N) is 1. The van der Waals surface area contributed by atoms with Gasteiger partial charge in [-0.1, -0.05) is 37.6 Å². The molecule has 41 heavy (non-hydrogen) atoms. The van der Waals surface area contributed by atoms with Gasteiger partial charge in [0.05, 0.1) is 30.0 Å². The van der Waals surface area contributed by atoms with Crippen LogP contribution in [0.1, 0.15) is 48.9 Å². The fraction of sp³-hybridized carbons (Fsp3) is 0.419. The molecule has 4 aromatic rings. The Morgan fingerprint density at radius 1 is 0.976 bits per heavy atom.